The Morgan fingerprint density at radius 2 is 1.96 bits per heavy atom. The normalized spacial score (nSPS) is 17.3. The van der Waals surface area contributed by atoms with Crippen LogP contribution in [0.15, 0.2) is 41.2 Å². The Kier molecular flexibility index (Phi) is 5.73. The minimum atomic E-state index is -0.0911. The molecule has 1 unspecified atom stereocenters. The van der Waals surface area contributed by atoms with Crippen LogP contribution in [0.5, 0.6) is 11.5 Å². The zero-order chi connectivity index (χ0) is 17.6. The quantitative estimate of drug-likeness (QED) is 0.802. The lowest BCUT2D eigenvalue weighted by atomic mass is 10.2. The molecule has 1 atom stereocenters. The van der Waals surface area contributed by atoms with E-state index in [-0.39, 0.29) is 11.7 Å². The highest BCUT2D eigenvalue weighted by Crippen LogP contribution is 2.15. The number of nitrogens with zero attached hydrogens (tertiary/aromatic N) is 1. The van der Waals surface area contributed by atoms with E-state index in [2.05, 4.69) is 0 Å². The van der Waals surface area contributed by atoms with E-state index >= 15 is 0 Å². The first-order valence-corrected chi connectivity index (χ1v) is 8.32. The van der Waals surface area contributed by atoms with Crippen LogP contribution in [-0.4, -0.2) is 44.2 Å². The highest BCUT2D eigenvalue weighted by atomic mass is 16.6. The molecule has 0 N–H and O–H groups in total. The molecule has 0 amide bonds. The van der Waals surface area contributed by atoms with E-state index in [0.717, 1.165) is 17.0 Å². The molecule has 2 aromatic rings. The molecule has 0 radical (unpaired) electrons. The Morgan fingerprint density at radius 1 is 1.16 bits per heavy atom. The number of methoxy groups -OCH3 is 1. The van der Waals surface area contributed by atoms with Gasteiger partial charge in [-0.3, -0.25) is 4.79 Å². The molecule has 1 aliphatic heterocycles. The van der Waals surface area contributed by atoms with Gasteiger partial charge in [0.1, 0.15) is 24.2 Å². The predicted molar refractivity (Wildman–Crippen MR) is 93.6 cm³/mol. The molecular weight excluding hydrogens is 322 g/mol. The van der Waals surface area contributed by atoms with Crippen molar-refractivity contribution in [1.29, 1.82) is 0 Å². The van der Waals surface area contributed by atoms with E-state index in [4.69, 9.17) is 18.9 Å². The third-order valence-corrected chi connectivity index (χ3v) is 4.13. The number of aromatic nitrogens is 1. The summed E-state index contributed by atoms with van der Waals surface area (Å²) in [6, 6.07) is 11.1. The van der Waals surface area contributed by atoms with E-state index in [9.17, 15) is 4.79 Å². The van der Waals surface area contributed by atoms with E-state index in [0.29, 0.717) is 38.7 Å². The molecule has 1 saturated heterocycles. The molecule has 25 heavy (non-hydrogen) atoms. The topological polar surface area (TPSA) is 58.9 Å². The molecule has 2 heterocycles. The van der Waals surface area contributed by atoms with Crippen molar-refractivity contribution >= 4 is 0 Å². The van der Waals surface area contributed by atoms with Gasteiger partial charge in [-0.05, 0) is 30.7 Å². The third-order valence-electron chi connectivity index (χ3n) is 4.13. The number of pyridine rings is 1. The molecule has 6 heteroatoms. The van der Waals surface area contributed by atoms with Crippen LogP contribution in [0.2, 0.25) is 0 Å². The Morgan fingerprint density at radius 3 is 2.60 bits per heavy atom. The highest BCUT2D eigenvalue weighted by Gasteiger charge is 2.15. The maximum Gasteiger partial charge on any atom is 0.254 e. The minimum Gasteiger partial charge on any atom is -0.497 e. The summed E-state index contributed by atoms with van der Waals surface area (Å²) in [7, 11) is 1.63. The molecule has 1 aromatic heterocycles. The van der Waals surface area contributed by atoms with Crippen molar-refractivity contribution in [2.45, 2.75) is 19.6 Å². The van der Waals surface area contributed by atoms with Crippen molar-refractivity contribution in [2.24, 2.45) is 0 Å². The molecule has 134 valence electrons. The molecule has 0 saturated carbocycles. The summed E-state index contributed by atoms with van der Waals surface area (Å²) in [5.74, 6) is 1.35. The van der Waals surface area contributed by atoms with E-state index in [1.54, 1.807) is 11.7 Å². The van der Waals surface area contributed by atoms with Gasteiger partial charge in [0.15, 0.2) is 0 Å². The Labute approximate surface area is 146 Å². The van der Waals surface area contributed by atoms with Gasteiger partial charge in [-0.25, -0.2) is 0 Å². The Balaban J connectivity index is 1.67. The molecule has 1 aromatic carbocycles. The lowest BCUT2D eigenvalue weighted by Gasteiger charge is -2.23. The number of ether oxygens (including phenoxy) is 4. The van der Waals surface area contributed by atoms with Gasteiger partial charge in [0.2, 0.25) is 0 Å². The van der Waals surface area contributed by atoms with Gasteiger partial charge in [-0.2, -0.15) is 0 Å². The van der Waals surface area contributed by atoms with Crippen LogP contribution < -0.4 is 15.0 Å². The zero-order valence-electron chi connectivity index (χ0n) is 14.6. The molecule has 1 fully saturated rings. The smallest absolute Gasteiger partial charge is 0.254 e. The van der Waals surface area contributed by atoms with Crippen molar-refractivity contribution in [3.05, 3.63) is 58.0 Å². The van der Waals surface area contributed by atoms with E-state index in [1.165, 1.54) is 6.07 Å². The summed E-state index contributed by atoms with van der Waals surface area (Å²) in [5, 5.41) is 0. The number of benzene rings is 1. The van der Waals surface area contributed by atoms with Crippen LogP contribution in [-0.2, 0) is 16.0 Å². The molecule has 0 aliphatic carbocycles. The Bertz CT molecular complexity index is 747. The van der Waals surface area contributed by atoms with Crippen LogP contribution in [0.4, 0.5) is 0 Å². The largest absolute Gasteiger partial charge is 0.497 e. The monoisotopic (exact) mass is 345 g/mol. The fourth-order valence-electron chi connectivity index (χ4n) is 2.72. The number of hydrogen-bond donors (Lipinski definition) is 0. The second kappa shape index (κ2) is 8.18. The van der Waals surface area contributed by atoms with Crippen LogP contribution in [0.25, 0.3) is 0 Å². The van der Waals surface area contributed by atoms with Gasteiger partial charge in [0, 0.05) is 11.8 Å². The maximum absolute atomic E-state index is 12.4. The molecule has 0 bridgehead atoms. The van der Waals surface area contributed by atoms with E-state index < -0.39 is 0 Å². The molecular formula is C19H23NO5. The first-order chi connectivity index (χ1) is 12.2. The molecule has 3 rings (SSSR count). The number of hydrogen-bond acceptors (Lipinski definition) is 5. The fraction of sp³-hybridized carbons (Fsp3) is 0.421. The summed E-state index contributed by atoms with van der Waals surface area (Å²) in [6.45, 7) is 4.51. The number of rotatable bonds is 6. The number of aryl methyl sites for hydroxylation is 1. The van der Waals surface area contributed by atoms with Crippen molar-refractivity contribution in [2.75, 3.05) is 33.5 Å². The van der Waals surface area contributed by atoms with Gasteiger partial charge >= 0.3 is 0 Å². The standard InChI is InChI=1S/C19H23NO5/c1-14-9-17(25-13-18-12-23-7-8-24-18)10-19(21)20(14)11-15-3-5-16(22-2)6-4-15/h3-6,9-10,18H,7-8,11-13H2,1-2H3. The van der Waals surface area contributed by atoms with Gasteiger partial charge in [-0.15, -0.1) is 0 Å². The van der Waals surface area contributed by atoms with Crippen molar-refractivity contribution < 1.29 is 18.9 Å². The SMILES string of the molecule is COc1ccc(Cn2c(C)cc(OCC3COCCO3)cc2=O)cc1. The Hall–Kier alpha value is -2.31. The molecule has 0 spiro atoms. The van der Waals surface area contributed by atoms with Crippen molar-refractivity contribution in [3.8, 4) is 11.5 Å². The lowest BCUT2D eigenvalue weighted by Crippen LogP contribution is -2.33. The second-order valence-corrected chi connectivity index (χ2v) is 5.98. The minimum absolute atomic E-state index is 0.0872. The van der Waals surface area contributed by atoms with Crippen molar-refractivity contribution in [3.63, 3.8) is 0 Å². The first kappa shape index (κ1) is 17.5. The van der Waals surface area contributed by atoms with Crippen LogP contribution in [0, 0.1) is 6.92 Å². The van der Waals surface area contributed by atoms with Crippen LogP contribution >= 0.6 is 0 Å². The van der Waals surface area contributed by atoms with Crippen LogP contribution in [0.3, 0.4) is 0 Å². The van der Waals surface area contributed by atoms with Gasteiger partial charge in [0.05, 0.1) is 33.5 Å². The second-order valence-electron chi connectivity index (χ2n) is 5.98. The van der Waals surface area contributed by atoms with Gasteiger partial charge < -0.3 is 23.5 Å². The lowest BCUT2D eigenvalue weighted by molar-refractivity contribution is -0.101. The van der Waals surface area contributed by atoms with Crippen molar-refractivity contribution in [1.82, 2.24) is 4.57 Å². The third kappa shape index (κ3) is 4.61. The highest BCUT2D eigenvalue weighted by molar-refractivity contribution is 5.29. The summed E-state index contributed by atoms with van der Waals surface area (Å²) in [4.78, 5) is 12.4. The van der Waals surface area contributed by atoms with Gasteiger partial charge in [0.25, 0.3) is 5.56 Å². The van der Waals surface area contributed by atoms with E-state index in [1.807, 2.05) is 37.3 Å². The van der Waals surface area contributed by atoms with Crippen LogP contribution in [0.1, 0.15) is 11.3 Å². The fourth-order valence-corrected chi connectivity index (χ4v) is 2.72. The average Bonchev–Trinajstić information content (AvgIpc) is 2.64. The predicted octanol–water partition coefficient (Wildman–Crippen LogP) is 2.01. The average molecular weight is 345 g/mol. The summed E-state index contributed by atoms with van der Waals surface area (Å²) in [6.07, 6.45) is -0.0872. The zero-order valence-corrected chi connectivity index (χ0v) is 14.6. The molecule has 6 nitrogen and oxygen atoms in total. The molecule has 1 aliphatic rings. The summed E-state index contributed by atoms with van der Waals surface area (Å²) in [5.41, 5.74) is 1.79. The summed E-state index contributed by atoms with van der Waals surface area (Å²) < 4.78 is 23.5. The van der Waals surface area contributed by atoms with Gasteiger partial charge in [-0.1, -0.05) is 12.1 Å². The maximum atomic E-state index is 12.4. The summed E-state index contributed by atoms with van der Waals surface area (Å²) >= 11 is 0. The first-order valence-electron chi connectivity index (χ1n) is 8.32.